The molecule has 5 heteroatoms. The van der Waals surface area contributed by atoms with E-state index in [1.807, 2.05) is 19.1 Å². The fraction of sp³-hybridized carbons (Fsp3) is 0.615. The number of rotatable bonds is 5. The second kappa shape index (κ2) is 6.56. The molecule has 0 spiro atoms. The van der Waals surface area contributed by atoms with Crippen molar-refractivity contribution in [3.63, 3.8) is 0 Å². The average Bonchev–Trinajstić information content (AvgIpc) is 2.85. The smallest absolute Gasteiger partial charge is 0.361 e. The zero-order valence-electron chi connectivity index (χ0n) is 10.9. The highest BCUT2D eigenvalue weighted by molar-refractivity contribution is 5.70. The Morgan fingerprint density at radius 1 is 1.33 bits per heavy atom. The molecule has 100 valence electrons. The standard InChI is InChI=1S/C13H20N2O3/c1-2-17-13(16)11-15-7-5-14(6-8-15)10-12-4-3-9-18-12/h3-4,9H,2,5-8,10-11H2,1H3/p+2. The van der Waals surface area contributed by atoms with Crippen LogP contribution in [0.4, 0.5) is 0 Å². The molecule has 18 heavy (non-hydrogen) atoms. The molecule has 0 bridgehead atoms. The van der Waals surface area contributed by atoms with E-state index in [1.54, 1.807) is 6.26 Å². The SMILES string of the molecule is CCOC(=O)C[NH+]1CC[NH+](Cc2ccco2)CC1. The van der Waals surface area contributed by atoms with E-state index in [4.69, 9.17) is 9.15 Å². The van der Waals surface area contributed by atoms with Crippen LogP contribution in [0.15, 0.2) is 22.8 Å². The van der Waals surface area contributed by atoms with Gasteiger partial charge >= 0.3 is 5.97 Å². The van der Waals surface area contributed by atoms with Gasteiger partial charge in [0.2, 0.25) is 0 Å². The summed E-state index contributed by atoms with van der Waals surface area (Å²) in [6.07, 6.45) is 1.72. The van der Waals surface area contributed by atoms with Crippen LogP contribution >= 0.6 is 0 Å². The van der Waals surface area contributed by atoms with Gasteiger partial charge in [0, 0.05) is 0 Å². The molecule has 2 rings (SSSR count). The number of piperazine rings is 1. The molecule has 0 unspecified atom stereocenters. The van der Waals surface area contributed by atoms with Gasteiger partial charge in [-0.05, 0) is 19.1 Å². The van der Waals surface area contributed by atoms with E-state index >= 15 is 0 Å². The van der Waals surface area contributed by atoms with E-state index in [-0.39, 0.29) is 5.97 Å². The minimum absolute atomic E-state index is 0.0815. The zero-order chi connectivity index (χ0) is 12.8. The number of carbonyl (C=O) groups excluding carboxylic acids is 1. The maximum Gasteiger partial charge on any atom is 0.361 e. The van der Waals surface area contributed by atoms with Crippen LogP contribution in [0.25, 0.3) is 0 Å². The van der Waals surface area contributed by atoms with Gasteiger partial charge in [-0.2, -0.15) is 0 Å². The van der Waals surface area contributed by atoms with Crippen LogP contribution in [-0.4, -0.2) is 45.3 Å². The predicted octanol–water partition coefficient (Wildman–Crippen LogP) is -1.87. The van der Waals surface area contributed by atoms with Crippen molar-refractivity contribution in [2.45, 2.75) is 13.5 Å². The van der Waals surface area contributed by atoms with Crippen LogP contribution in [-0.2, 0) is 16.1 Å². The Morgan fingerprint density at radius 3 is 2.67 bits per heavy atom. The fourth-order valence-electron chi connectivity index (χ4n) is 2.39. The van der Waals surface area contributed by atoms with Crippen molar-refractivity contribution in [3.05, 3.63) is 24.2 Å². The van der Waals surface area contributed by atoms with Crippen molar-refractivity contribution in [1.82, 2.24) is 0 Å². The molecule has 5 nitrogen and oxygen atoms in total. The first kappa shape index (κ1) is 13.1. The van der Waals surface area contributed by atoms with Crippen molar-refractivity contribution < 1.29 is 23.7 Å². The Bertz CT molecular complexity index is 356. The Kier molecular flexibility index (Phi) is 4.78. The molecule has 0 radical (unpaired) electrons. The van der Waals surface area contributed by atoms with Crippen LogP contribution < -0.4 is 9.80 Å². The number of furan rings is 1. The molecule has 2 N–H and O–H groups in total. The first-order valence-corrected chi connectivity index (χ1v) is 6.63. The van der Waals surface area contributed by atoms with Crippen molar-refractivity contribution in [2.75, 3.05) is 39.3 Å². The maximum absolute atomic E-state index is 11.4. The van der Waals surface area contributed by atoms with Crippen molar-refractivity contribution in [2.24, 2.45) is 0 Å². The molecule has 0 aromatic carbocycles. The largest absolute Gasteiger partial charge is 0.463 e. The molecule has 1 aliphatic heterocycles. The molecular weight excluding hydrogens is 232 g/mol. The summed E-state index contributed by atoms with van der Waals surface area (Å²) >= 11 is 0. The summed E-state index contributed by atoms with van der Waals surface area (Å²) in [5.74, 6) is 0.959. The van der Waals surface area contributed by atoms with Gasteiger partial charge in [-0.15, -0.1) is 0 Å². The second-order valence-electron chi connectivity index (χ2n) is 4.74. The lowest BCUT2D eigenvalue weighted by molar-refractivity contribution is -1.02. The number of carbonyl (C=O) groups is 1. The lowest BCUT2D eigenvalue weighted by Gasteiger charge is -2.28. The third-order valence-corrected chi connectivity index (χ3v) is 3.37. The van der Waals surface area contributed by atoms with Crippen LogP contribution in [0.2, 0.25) is 0 Å². The van der Waals surface area contributed by atoms with Crippen LogP contribution in [0.3, 0.4) is 0 Å². The summed E-state index contributed by atoms with van der Waals surface area (Å²) in [5.41, 5.74) is 0. The summed E-state index contributed by atoms with van der Waals surface area (Å²) in [7, 11) is 0. The fourth-order valence-corrected chi connectivity index (χ4v) is 2.39. The number of hydrogen-bond donors (Lipinski definition) is 2. The van der Waals surface area contributed by atoms with Gasteiger partial charge in [0.1, 0.15) is 32.7 Å². The van der Waals surface area contributed by atoms with E-state index < -0.39 is 0 Å². The maximum atomic E-state index is 11.4. The van der Waals surface area contributed by atoms with E-state index in [1.165, 1.54) is 9.80 Å². The third-order valence-electron chi connectivity index (χ3n) is 3.37. The van der Waals surface area contributed by atoms with Crippen LogP contribution in [0.5, 0.6) is 0 Å². The lowest BCUT2D eigenvalue weighted by atomic mass is 10.3. The monoisotopic (exact) mass is 254 g/mol. The minimum Gasteiger partial charge on any atom is -0.463 e. The quantitative estimate of drug-likeness (QED) is 0.605. The molecule has 2 heterocycles. The van der Waals surface area contributed by atoms with E-state index in [2.05, 4.69) is 0 Å². The van der Waals surface area contributed by atoms with Gasteiger partial charge in [0.05, 0.1) is 12.9 Å². The Labute approximate surface area is 107 Å². The summed E-state index contributed by atoms with van der Waals surface area (Å²) in [4.78, 5) is 14.2. The molecular formula is C13H22N2O3+2. The molecule has 1 aromatic rings. The summed E-state index contributed by atoms with van der Waals surface area (Å²) < 4.78 is 10.3. The van der Waals surface area contributed by atoms with E-state index in [0.29, 0.717) is 13.2 Å². The molecule has 1 aliphatic rings. The van der Waals surface area contributed by atoms with Gasteiger partial charge < -0.3 is 19.0 Å². The van der Waals surface area contributed by atoms with Gasteiger partial charge in [-0.3, -0.25) is 0 Å². The first-order valence-electron chi connectivity index (χ1n) is 6.63. The highest BCUT2D eigenvalue weighted by Gasteiger charge is 2.25. The van der Waals surface area contributed by atoms with Gasteiger partial charge in [0.15, 0.2) is 12.3 Å². The zero-order valence-corrected chi connectivity index (χ0v) is 10.9. The highest BCUT2D eigenvalue weighted by Crippen LogP contribution is 1.96. The summed E-state index contributed by atoms with van der Waals surface area (Å²) in [6.45, 7) is 7.97. The van der Waals surface area contributed by atoms with Crippen molar-refractivity contribution in [3.8, 4) is 0 Å². The van der Waals surface area contributed by atoms with E-state index in [0.717, 1.165) is 38.5 Å². The first-order chi connectivity index (χ1) is 8.78. The van der Waals surface area contributed by atoms with E-state index in [9.17, 15) is 4.79 Å². The van der Waals surface area contributed by atoms with Gasteiger partial charge in [-0.1, -0.05) is 0 Å². The van der Waals surface area contributed by atoms with Crippen LogP contribution in [0.1, 0.15) is 12.7 Å². The summed E-state index contributed by atoms with van der Waals surface area (Å²) in [6, 6.07) is 3.95. The molecule has 1 aromatic heterocycles. The van der Waals surface area contributed by atoms with Crippen LogP contribution in [0, 0.1) is 0 Å². The molecule has 1 fully saturated rings. The molecule has 0 saturated carbocycles. The number of quaternary nitrogens is 2. The Balaban J connectivity index is 1.69. The van der Waals surface area contributed by atoms with Gasteiger partial charge in [-0.25, -0.2) is 4.79 Å². The Hall–Kier alpha value is -1.33. The molecule has 0 aliphatic carbocycles. The Morgan fingerprint density at radius 2 is 2.06 bits per heavy atom. The number of hydrogen-bond acceptors (Lipinski definition) is 3. The lowest BCUT2D eigenvalue weighted by Crippen LogP contribution is -3.27. The predicted molar refractivity (Wildman–Crippen MR) is 65.3 cm³/mol. The normalized spacial score (nSPS) is 23.8. The number of esters is 1. The van der Waals surface area contributed by atoms with Crippen molar-refractivity contribution in [1.29, 1.82) is 0 Å². The topological polar surface area (TPSA) is 48.3 Å². The molecule has 1 saturated heterocycles. The van der Waals surface area contributed by atoms with Gasteiger partial charge in [0.25, 0.3) is 0 Å². The second-order valence-corrected chi connectivity index (χ2v) is 4.74. The molecule has 0 amide bonds. The minimum atomic E-state index is -0.0815. The van der Waals surface area contributed by atoms with Crippen molar-refractivity contribution >= 4 is 5.97 Å². The molecule has 0 atom stereocenters. The average molecular weight is 254 g/mol. The third kappa shape index (κ3) is 3.85. The number of ether oxygens (including phenoxy) is 1. The number of nitrogens with one attached hydrogen (secondary N) is 2. The highest BCUT2D eigenvalue weighted by atomic mass is 16.5. The summed E-state index contributed by atoms with van der Waals surface area (Å²) in [5, 5.41) is 0.